The summed E-state index contributed by atoms with van der Waals surface area (Å²) < 4.78 is 0. The zero-order valence-electron chi connectivity index (χ0n) is 10.5. The smallest absolute Gasteiger partial charge is 0.872 e. The molecule has 0 fully saturated rings. The van der Waals surface area contributed by atoms with Gasteiger partial charge in [0.05, 0.1) is 0 Å². The molecule has 0 aliphatic heterocycles. The van der Waals surface area contributed by atoms with Gasteiger partial charge in [-0.15, -0.1) is 11.5 Å². The molecule has 17 heavy (non-hydrogen) atoms. The van der Waals surface area contributed by atoms with Crippen LogP contribution >= 0.6 is 0 Å². The van der Waals surface area contributed by atoms with Crippen molar-refractivity contribution in [3.05, 3.63) is 60.2 Å². The van der Waals surface area contributed by atoms with Gasteiger partial charge in [-0.3, -0.25) is 0 Å². The van der Waals surface area contributed by atoms with Crippen molar-refractivity contribution >= 4 is 0 Å². The molecule has 0 aliphatic rings. The SMILES string of the molecule is Cc1ccc([O-])cc1.[Li+].[Li+].[O-]c1ccccc1. The topological polar surface area (TPSA) is 46.1 Å². The molecular formula is C13H12Li2O2. The normalized spacial score (nSPS) is 7.82. The molecule has 0 saturated heterocycles. The Labute approximate surface area is 126 Å². The minimum absolute atomic E-state index is 0. The van der Waals surface area contributed by atoms with E-state index in [0.29, 0.717) is 0 Å². The number of rotatable bonds is 0. The molecule has 0 aromatic heterocycles. The number of hydrogen-bond acceptors (Lipinski definition) is 2. The molecule has 0 bridgehead atoms. The van der Waals surface area contributed by atoms with Crippen molar-refractivity contribution in [1.29, 1.82) is 0 Å². The van der Waals surface area contributed by atoms with Gasteiger partial charge in [-0.2, -0.15) is 0 Å². The third-order valence-corrected chi connectivity index (χ3v) is 1.76. The second kappa shape index (κ2) is 10.4. The third kappa shape index (κ3) is 8.98. The molecule has 0 saturated carbocycles. The molecule has 4 heteroatoms. The Morgan fingerprint density at radius 3 is 1.35 bits per heavy atom. The fourth-order valence-corrected chi connectivity index (χ4v) is 0.959. The molecular weight excluding hydrogens is 202 g/mol. The van der Waals surface area contributed by atoms with Gasteiger partial charge in [0.1, 0.15) is 0 Å². The van der Waals surface area contributed by atoms with Crippen LogP contribution in [0.15, 0.2) is 54.6 Å². The van der Waals surface area contributed by atoms with E-state index in [1.807, 2.05) is 25.1 Å². The van der Waals surface area contributed by atoms with E-state index < -0.39 is 0 Å². The summed E-state index contributed by atoms with van der Waals surface area (Å²) in [4.78, 5) is 0. The van der Waals surface area contributed by atoms with Gasteiger partial charge in [-0.1, -0.05) is 60.2 Å². The molecule has 0 amide bonds. The van der Waals surface area contributed by atoms with Crippen molar-refractivity contribution in [2.75, 3.05) is 0 Å². The number of benzene rings is 2. The zero-order chi connectivity index (χ0) is 11.1. The average molecular weight is 214 g/mol. The number of aryl methyl sites for hydroxylation is 1. The first kappa shape index (κ1) is 18.6. The molecule has 0 heterocycles. The monoisotopic (exact) mass is 214 g/mol. The standard InChI is InChI=1S/C7H8O.C6H6O.2Li/c1-6-2-4-7(8)5-3-6;7-6-4-2-1-3-5-6;;/h2-5,8H,1H3;1-5,7H;;/q;;2*+1/p-2. The van der Waals surface area contributed by atoms with Crippen LogP contribution < -0.4 is 47.9 Å². The van der Waals surface area contributed by atoms with Gasteiger partial charge in [0, 0.05) is 0 Å². The first-order valence-electron chi connectivity index (χ1n) is 4.64. The summed E-state index contributed by atoms with van der Waals surface area (Å²) in [6, 6.07) is 15.1. The minimum atomic E-state index is 0. The largest absolute Gasteiger partial charge is 1.00 e. The van der Waals surface area contributed by atoms with Gasteiger partial charge in [0.25, 0.3) is 0 Å². The molecule has 0 unspecified atom stereocenters. The predicted octanol–water partition coefficient (Wildman–Crippen LogP) is -4.16. The van der Waals surface area contributed by atoms with Gasteiger partial charge in [-0.25, -0.2) is 0 Å². The van der Waals surface area contributed by atoms with Crippen LogP contribution in [0.25, 0.3) is 0 Å². The first-order chi connectivity index (χ1) is 7.18. The quantitative estimate of drug-likeness (QED) is 0.418. The van der Waals surface area contributed by atoms with E-state index in [9.17, 15) is 10.2 Å². The number of para-hydroxylation sites is 1. The van der Waals surface area contributed by atoms with E-state index in [0.717, 1.165) is 5.56 Å². The van der Waals surface area contributed by atoms with Crippen molar-refractivity contribution < 1.29 is 47.9 Å². The van der Waals surface area contributed by atoms with E-state index >= 15 is 0 Å². The maximum absolute atomic E-state index is 10.4. The van der Waals surface area contributed by atoms with Crippen LogP contribution in [0.5, 0.6) is 11.5 Å². The van der Waals surface area contributed by atoms with E-state index in [1.54, 1.807) is 24.3 Å². The Hall–Kier alpha value is -0.765. The van der Waals surface area contributed by atoms with E-state index in [1.165, 1.54) is 12.1 Å². The Bertz CT molecular complexity index is 367. The van der Waals surface area contributed by atoms with Crippen LogP contribution in [0.4, 0.5) is 0 Å². The molecule has 0 spiro atoms. The Morgan fingerprint density at radius 2 is 1.06 bits per heavy atom. The fraction of sp³-hybridized carbons (Fsp3) is 0.0769. The van der Waals surface area contributed by atoms with Gasteiger partial charge < -0.3 is 10.2 Å². The van der Waals surface area contributed by atoms with Gasteiger partial charge >= 0.3 is 37.7 Å². The summed E-state index contributed by atoms with van der Waals surface area (Å²) >= 11 is 0. The summed E-state index contributed by atoms with van der Waals surface area (Å²) in [5.41, 5.74) is 1.13. The van der Waals surface area contributed by atoms with E-state index in [2.05, 4.69) is 0 Å². The van der Waals surface area contributed by atoms with Crippen LogP contribution in [0.3, 0.4) is 0 Å². The average Bonchev–Trinajstić information content (AvgIpc) is 2.25. The van der Waals surface area contributed by atoms with Crippen LogP contribution in [0, 0.1) is 6.92 Å². The molecule has 78 valence electrons. The van der Waals surface area contributed by atoms with E-state index in [4.69, 9.17) is 0 Å². The molecule has 2 rings (SSSR count). The summed E-state index contributed by atoms with van der Waals surface area (Å²) in [5.74, 6) is 0.151. The van der Waals surface area contributed by atoms with Crippen molar-refractivity contribution in [3.8, 4) is 11.5 Å². The van der Waals surface area contributed by atoms with Crippen LogP contribution in [-0.4, -0.2) is 0 Å². The molecule has 2 aromatic rings. The molecule has 2 aromatic carbocycles. The van der Waals surface area contributed by atoms with Crippen molar-refractivity contribution in [3.63, 3.8) is 0 Å². The van der Waals surface area contributed by atoms with Crippen LogP contribution in [-0.2, 0) is 0 Å². The fourth-order valence-electron chi connectivity index (χ4n) is 0.959. The summed E-state index contributed by atoms with van der Waals surface area (Å²) in [7, 11) is 0. The summed E-state index contributed by atoms with van der Waals surface area (Å²) in [6.07, 6.45) is 0. The maximum atomic E-state index is 10.4. The van der Waals surface area contributed by atoms with Crippen LogP contribution in [0.1, 0.15) is 5.56 Å². The molecule has 0 aliphatic carbocycles. The van der Waals surface area contributed by atoms with Crippen molar-refractivity contribution in [2.45, 2.75) is 6.92 Å². The summed E-state index contributed by atoms with van der Waals surface area (Å²) in [5, 5.41) is 20.7. The second-order valence-electron chi connectivity index (χ2n) is 3.13. The maximum Gasteiger partial charge on any atom is 1.00 e. The van der Waals surface area contributed by atoms with Gasteiger partial charge in [-0.05, 0) is 6.92 Å². The van der Waals surface area contributed by atoms with Gasteiger partial charge in [0.2, 0.25) is 0 Å². The van der Waals surface area contributed by atoms with Gasteiger partial charge in [0.15, 0.2) is 0 Å². The Balaban J connectivity index is 0. The van der Waals surface area contributed by atoms with Crippen molar-refractivity contribution in [1.82, 2.24) is 0 Å². The van der Waals surface area contributed by atoms with E-state index in [-0.39, 0.29) is 49.2 Å². The Kier molecular flexibility index (Phi) is 11.4. The molecule has 0 radical (unpaired) electrons. The number of hydrogen-bond donors (Lipinski definition) is 0. The Morgan fingerprint density at radius 1 is 0.647 bits per heavy atom. The minimum Gasteiger partial charge on any atom is -0.872 e. The predicted molar refractivity (Wildman–Crippen MR) is 56.5 cm³/mol. The second-order valence-corrected chi connectivity index (χ2v) is 3.13. The molecule has 0 N–H and O–H groups in total. The zero-order valence-corrected chi connectivity index (χ0v) is 10.5. The molecule has 2 nitrogen and oxygen atoms in total. The van der Waals surface area contributed by atoms with Crippen LogP contribution in [0.2, 0.25) is 0 Å². The third-order valence-electron chi connectivity index (χ3n) is 1.76. The van der Waals surface area contributed by atoms with Crippen molar-refractivity contribution in [2.24, 2.45) is 0 Å². The first-order valence-corrected chi connectivity index (χ1v) is 4.64. The summed E-state index contributed by atoms with van der Waals surface area (Å²) in [6.45, 7) is 1.96. The molecule has 0 atom stereocenters.